The number of aromatic nitrogens is 4. The van der Waals surface area contributed by atoms with E-state index < -0.39 is 5.41 Å². The molecule has 1 amide bonds. The number of amides is 1. The molecule has 2 atom stereocenters. The Morgan fingerprint density at radius 3 is 2.48 bits per heavy atom. The molecule has 4 rings (SSSR count). The van der Waals surface area contributed by atoms with E-state index in [4.69, 9.17) is 19.3 Å². The zero-order chi connectivity index (χ0) is 30.3. The molecule has 3 aromatic rings. The number of fused-ring (bicyclic) bond motifs is 1. The van der Waals surface area contributed by atoms with Gasteiger partial charge >= 0.3 is 0 Å². The fourth-order valence-corrected chi connectivity index (χ4v) is 4.09. The summed E-state index contributed by atoms with van der Waals surface area (Å²) in [5.74, 6) is 1.56. The van der Waals surface area contributed by atoms with Gasteiger partial charge in [0.2, 0.25) is 11.9 Å². The molecule has 0 aliphatic carbocycles. The molecule has 11 heteroatoms. The Morgan fingerprint density at radius 2 is 1.88 bits per heavy atom. The lowest BCUT2D eigenvalue weighted by Gasteiger charge is -2.34. The lowest BCUT2D eigenvalue weighted by atomic mass is 9.95. The highest BCUT2D eigenvalue weighted by Crippen LogP contribution is 2.24. The molecule has 2 N–H and O–H groups in total. The maximum Gasteiger partial charge on any atom is 0.229 e. The van der Waals surface area contributed by atoms with Gasteiger partial charge in [-0.1, -0.05) is 34.6 Å². The second-order valence-corrected chi connectivity index (χ2v) is 9.96. The average molecular weight is 556 g/mol. The van der Waals surface area contributed by atoms with Crippen molar-refractivity contribution in [1.29, 1.82) is 0 Å². The van der Waals surface area contributed by atoms with E-state index in [1.807, 2.05) is 70.2 Å². The van der Waals surface area contributed by atoms with Crippen LogP contribution in [0.15, 0.2) is 36.8 Å². The summed E-state index contributed by atoms with van der Waals surface area (Å²) < 4.78 is 7.65. The van der Waals surface area contributed by atoms with Crippen molar-refractivity contribution >= 4 is 41.7 Å². The van der Waals surface area contributed by atoms with Crippen molar-refractivity contribution in [3.8, 4) is 5.82 Å². The highest BCUT2D eigenvalue weighted by molar-refractivity contribution is 5.96. The quantitative estimate of drug-likeness (QED) is 0.331. The Kier molecular flexibility index (Phi) is 14.7. The summed E-state index contributed by atoms with van der Waals surface area (Å²) in [6, 6.07) is 7.53. The van der Waals surface area contributed by atoms with Crippen LogP contribution in [-0.4, -0.2) is 76.9 Å². The number of likely N-dealkylation sites (tertiary alicyclic amines) is 1. The number of carbonyl (C=O) groups excluding carboxylic acids is 3. The highest BCUT2D eigenvalue weighted by Gasteiger charge is 2.26. The monoisotopic (exact) mass is 555 g/mol. The van der Waals surface area contributed by atoms with Crippen molar-refractivity contribution in [2.45, 2.75) is 60.6 Å². The van der Waals surface area contributed by atoms with Gasteiger partial charge in [-0.2, -0.15) is 4.98 Å². The number of nitrogens with one attached hydrogen (secondary N) is 2. The average Bonchev–Trinajstić information content (AvgIpc) is 3.37. The van der Waals surface area contributed by atoms with Gasteiger partial charge in [0.1, 0.15) is 31.4 Å². The first-order valence-corrected chi connectivity index (χ1v) is 13.4. The van der Waals surface area contributed by atoms with Gasteiger partial charge in [-0.05, 0) is 57.6 Å². The Bertz CT molecular complexity index is 1190. The molecule has 3 heterocycles. The third-order valence-electron chi connectivity index (χ3n) is 5.99. The van der Waals surface area contributed by atoms with E-state index in [2.05, 4.69) is 32.5 Å². The Balaban J connectivity index is 0.00000105. The molecule has 220 valence electrons. The molecule has 1 aliphatic heterocycles. The standard InChI is InChI=1S/C24H33N7O2.C2H4O.C2H6.CH2O/c1-24(2,3)22(32)27-17-8-9-19-18(13-17)26-15-31(19)20-10-11-25-23(28-20)29-21(33-5)16-7-6-12-30(4)14-16;1-2-3;2*1-2/h8-11,13,15-16,21H,6-7,12,14H2,1-5H3,(H,27,32)(H,25,28,29);2H,1H3;1-2H3;1H2. The summed E-state index contributed by atoms with van der Waals surface area (Å²) in [6.45, 7) is 15.2. The molecule has 0 saturated carbocycles. The van der Waals surface area contributed by atoms with Crippen LogP contribution in [0.1, 0.15) is 54.4 Å². The van der Waals surface area contributed by atoms with Crippen LogP contribution in [0.3, 0.4) is 0 Å². The third-order valence-corrected chi connectivity index (χ3v) is 5.99. The predicted octanol–water partition coefficient (Wildman–Crippen LogP) is 4.57. The second-order valence-electron chi connectivity index (χ2n) is 9.96. The number of ether oxygens (including phenoxy) is 1. The van der Waals surface area contributed by atoms with E-state index in [0.717, 1.165) is 48.9 Å². The van der Waals surface area contributed by atoms with Crippen LogP contribution in [0.5, 0.6) is 0 Å². The summed E-state index contributed by atoms with van der Waals surface area (Å²) in [4.78, 5) is 45.1. The molecule has 2 unspecified atom stereocenters. The molecule has 40 heavy (non-hydrogen) atoms. The highest BCUT2D eigenvalue weighted by atomic mass is 16.5. The minimum Gasteiger partial charge on any atom is -0.361 e. The van der Waals surface area contributed by atoms with Crippen molar-refractivity contribution < 1.29 is 19.1 Å². The molecule has 0 radical (unpaired) electrons. The van der Waals surface area contributed by atoms with Gasteiger partial charge in [0, 0.05) is 36.9 Å². The molecule has 1 aliphatic rings. The first kappa shape index (κ1) is 34.3. The van der Waals surface area contributed by atoms with E-state index in [1.54, 1.807) is 19.6 Å². The molecule has 0 bridgehead atoms. The minimum absolute atomic E-state index is 0.0374. The lowest BCUT2D eigenvalue weighted by Crippen LogP contribution is -2.42. The van der Waals surface area contributed by atoms with Crippen molar-refractivity contribution in [2.75, 3.05) is 37.9 Å². The van der Waals surface area contributed by atoms with Crippen molar-refractivity contribution in [1.82, 2.24) is 24.4 Å². The van der Waals surface area contributed by atoms with E-state index in [1.165, 1.54) is 6.92 Å². The molecule has 1 fully saturated rings. The van der Waals surface area contributed by atoms with Crippen LogP contribution in [0, 0.1) is 11.3 Å². The molecular weight excluding hydrogens is 510 g/mol. The summed E-state index contributed by atoms with van der Waals surface area (Å²) in [7, 11) is 3.86. The Hall–Kier alpha value is -3.70. The number of imidazole rings is 1. The number of rotatable bonds is 6. The van der Waals surface area contributed by atoms with Gasteiger partial charge in [-0.3, -0.25) is 9.36 Å². The minimum atomic E-state index is -0.466. The summed E-state index contributed by atoms with van der Waals surface area (Å²) in [6.07, 6.45) is 6.32. The number of methoxy groups -OCH3 is 1. The van der Waals surface area contributed by atoms with Gasteiger partial charge in [0.05, 0.1) is 11.0 Å². The van der Waals surface area contributed by atoms with Crippen LogP contribution in [0.25, 0.3) is 16.9 Å². The summed E-state index contributed by atoms with van der Waals surface area (Å²) in [5, 5.41) is 6.32. The summed E-state index contributed by atoms with van der Waals surface area (Å²) in [5.41, 5.74) is 1.92. The smallest absolute Gasteiger partial charge is 0.229 e. The number of carbonyl (C=O) groups is 3. The Morgan fingerprint density at radius 1 is 1.20 bits per heavy atom. The van der Waals surface area contributed by atoms with Crippen LogP contribution < -0.4 is 10.6 Å². The first-order chi connectivity index (χ1) is 19.2. The maximum atomic E-state index is 12.3. The number of hydrogen-bond acceptors (Lipinski definition) is 9. The van der Waals surface area contributed by atoms with Crippen molar-refractivity contribution in [3.63, 3.8) is 0 Å². The first-order valence-electron chi connectivity index (χ1n) is 13.4. The normalized spacial score (nSPS) is 15.7. The third kappa shape index (κ3) is 9.80. The Labute approximate surface area is 237 Å². The van der Waals surface area contributed by atoms with Crippen LogP contribution in [0.4, 0.5) is 11.6 Å². The number of anilines is 2. The van der Waals surface area contributed by atoms with E-state index in [9.17, 15) is 4.79 Å². The van der Waals surface area contributed by atoms with Gasteiger partial charge < -0.3 is 29.9 Å². The molecular formula is C29H45N7O4. The molecule has 2 aromatic heterocycles. The second kappa shape index (κ2) is 17.1. The molecule has 1 saturated heterocycles. The number of benzene rings is 1. The van der Waals surface area contributed by atoms with Crippen molar-refractivity contribution in [2.24, 2.45) is 11.3 Å². The summed E-state index contributed by atoms with van der Waals surface area (Å²) >= 11 is 0. The van der Waals surface area contributed by atoms with Gasteiger partial charge in [-0.15, -0.1) is 0 Å². The molecule has 11 nitrogen and oxygen atoms in total. The zero-order valence-electron chi connectivity index (χ0n) is 25.1. The SMILES string of the molecule is C=O.CC.CC=O.COC(Nc1nccc(-n2cnc3cc(NC(=O)C(C)(C)C)ccc32)n1)C1CCCN(C)C1. The fourth-order valence-electron chi connectivity index (χ4n) is 4.09. The zero-order valence-corrected chi connectivity index (χ0v) is 25.1. The van der Waals surface area contributed by atoms with Gasteiger partial charge in [-0.25, -0.2) is 9.97 Å². The van der Waals surface area contributed by atoms with Crippen molar-refractivity contribution in [3.05, 3.63) is 36.8 Å². The number of aldehydes is 1. The van der Waals surface area contributed by atoms with Crippen LogP contribution in [-0.2, 0) is 19.1 Å². The topological polar surface area (TPSA) is 131 Å². The number of hydrogen-bond donors (Lipinski definition) is 2. The predicted molar refractivity (Wildman–Crippen MR) is 160 cm³/mol. The van der Waals surface area contributed by atoms with E-state index in [0.29, 0.717) is 17.7 Å². The molecule has 1 aromatic carbocycles. The fraction of sp³-hybridized carbons (Fsp3) is 0.517. The van der Waals surface area contributed by atoms with Gasteiger partial charge in [0.25, 0.3) is 0 Å². The number of piperidine rings is 1. The number of nitrogens with zero attached hydrogens (tertiary/aromatic N) is 5. The van der Waals surface area contributed by atoms with E-state index >= 15 is 0 Å². The van der Waals surface area contributed by atoms with E-state index in [-0.39, 0.29) is 12.1 Å². The molecule has 0 spiro atoms. The maximum absolute atomic E-state index is 12.3. The van der Waals surface area contributed by atoms with Gasteiger partial charge in [0.15, 0.2) is 0 Å². The lowest BCUT2D eigenvalue weighted by molar-refractivity contribution is -0.123. The van der Waals surface area contributed by atoms with Crippen LogP contribution >= 0.6 is 0 Å². The largest absolute Gasteiger partial charge is 0.361 e. The van der Waals surface area contributed by atoms with Crippen LogP contribution in [0.2, 0.25) is 0 Å².